The zero-order valence-corrected chi connectivity index (χ0v) is 20.3. The van der Waals surface area contributed by atoms with Gasteiger partial charge in [-0.05, 0) is 74.7 Å². The normalized spacial score (nSPS) is 25.2. The Morgan fingerprint density at radius 3 is 2.53 bits per heavy atom. The van der Waals surface area contributed by atoms with Crippen molar-refractivity contribution in [2.45, 2.75) is 77.6 Å². The summed E-state index contributed by atoms with van der Waals surface area (Å²) in [7, 11) is 0. The molecule has 2 fully saturated rings. The second-order valence-corrected chi connectivity index (χ2v) is 12.0. The number of anilines is 1. The monoisotopic (exact) mass is 483 g/mol. The molecule has 0 spiro atoms. The molecule has 1 amide bonds. The van der Waals surface area contributed by atoms with Crippen molar-refractivity contribution in [3.8, 4) is 11.5 Å². The Kier molecular flexibility index (Phi) is 5.09. The van der Waals surface area contributed by atoms with Crippen LogP contribution >= 0.6 is 11.3 Å². The average molecular weight is 484 g/mol. The first-order valence-electron chi connectivity index (χ1n) is 12.2. The van der Waals surface area contributed by atoms with E-state index in [4.69, 9.17) is 14.2 Å². The van der Waals surface area contributed by atoms with Crippen LogP contribution in [0.5, 0.6) is 0 Å². The summed E-state index contributed by atoms with van der Waals surface area (Å²) in [5.41, 5.74) is 2.66. The molecule has 5 aliphatic carbocycles. The number of nitrogens with zero attached hydrogens (tertiary/aromatic N) is 2. The smallest absolute Gasteiger partial charge is 0.449 e. The number of carbonyl (C=O) groups excluding carboxylic acids is 1. The Morgan fingerprint density at radius 1 is 1.12 bits per heavy atom. The SMILES string of the molecule is CC1(C)CCc2sc(NC(=O)C3=C(OC(=O)O)C4CCC3CC4)c(-c3nc(C4CC4)no3)c2C1. The Labute approximate surface area is 201 Å². The second-order valence-electron chi connectivity index (χ2n) is 10.9. The Bertz CT molecular complexity index is 1200. The molecule has 0 aliphatic heterocycles. The highest BCUT2D eigenvalue weighted by molar-refractivity contribution is 7.17. The summed E-state index contributed by atoms with van der Waals surface area (Å²) in [5.74, 6) is 1.68. The molecule has 5 aliphatic rings. The fraction of sp³-hybridized carbons (Fsp3) is 0.600. The van der Waals surface area contributed by atoms with Crippen LogP contribution in [0.1, 0.15) is 81.0 Å². The fourth-order valence-electron chi connectivity index (χ4n) is 5.84. The minimum atomic E-state index is -1.36. The van der Waals surface area contributed by atoms with Crippen molar-refractivity contribution in [3.05, 3.63) is 27.6 Å². The maximum atomic E-state index is 13.6. The van der Waals surface area contributed by atoms with Crippen LogP contribution < -0.4 is 5.32 Å². The first kappa shape index (κ1) is 21.8. The molecule has 2 aromatic heterocycles. The summed E-state index contributed by atoms with van der Waals surface area (Å²) in [6, 6.07) is 0. The number of hydrogen-bond acceptors (Lipinski definition) is 7. The summed E-state index contributed by atoms with van der Waals surface area (Å²) in [6.45, 7) is 4.52. The van der Waals surface area contributed by atoms with E-state index in [2.05, 4.69) is 24.3 Å². The van der Waals surface area contributed by atoms with Crippen molar-refractivity contribution in [2.75, 3.05) is 5.32 Å². The fourth-order valence-corrected chi connectivity index (χ4v) is 7.05. The van der Waals surface area contributed by atoms with Crippen molar-refractivity contribution < 1.29 is 24.0 Å². The van der Waals surface area contributed by atoms with Gasteiger partial charge in [-0.15, -0.1) is 11.3 Å². The summed E-state index contributed by atoms with van der Waals surface area (Å²) in [4.78, 5) is 30.9. The van der Waals surface area contributed by atoms with Gasteiger partial charge in [0.05, 0.1) is 11.1 Å². The van der Waals surface area contributed by atoms with Gasteiger partial charge in [-0.1, -0.05) is 19.0 Å². The van der Waals surface area contributed by atoms with E-state index in [9.17, 15) is 14.7 Å². The van der Waals surface area contributed by atoms with Crippen LogP contribution in [0.25, 0.3) is 11.5 Å². The third kappa shape index (κ3) is 3.83. The number of fused-ring (bicyclic) bond motifs is 3. The van der Waals surface area contributed by atoms with Gasteiger partial charge in [0.25, 0.3) is 11.8 Å². The van der Waals surface area contributed by atoms with Crippen LogP contribution in [0.3, 0.4) is 0 Å². The van der Waals surface area contributed by atoms with E-state index in [1.54, 1.807) is 11.3 Å². The Balaban J connectivity index is 1.39. The predicted octanol–water partition coefficient (Wildman–Crippen LogP) is 5.90. The van der Waals surface area contributed by atoms with E-state index in [1.165, 1.54) is 10.4 Å². The Morgan fingerprint density at radius 2 is 1.82 bits per heavy atom. The molecule has 0 aromatic carbocycles. The van der Waals surface area contributed by atoms with Crippen molar-refractivity contribution in [2.24, 2.45) is 17.3 Å². The van der Waals surface area contributed by atoms with Gasteiger partial charge < -0.3 is 19.7 Å². The molecule has 2 N–H and O–H groups in total. The van der Waals surface area contributed by atoms with Crippen LogP contribution in [0.15, 0.2) is 15.9 Å². The van der Waals surface area contributed by atoms with Crippen molar-refractivity contribution in [1.82, 2.24) is 10.1 Å². The maximum absolute atomic E-state index is 13.6. The van der Waals surface area contributed by atoms with Crippen molar-refractivity contribution in [1.29, 1.82) is 0 Å². The molecular formula is C25H29N3O5S. The van der Waals surface area contributed by atoms with Crippen molar-refractivity contribution in [3.63, 3.8) is 0 Å². The number of ether oxygens (including phenoxy) is 1. The first-order valence-corrected chi connectivity index (χ1v) is 13.1. The molecule has 180 valence electrons. The third-order valence-electron chi connectivity index (χ3n) is 7.81. The minimum absolute atomic E-state index is 0.00398. The molecule has 9 heteroatoms. The molecule has 2 heterocycles. The van der Waals surface area contributed by atoms with E-state index < -0.39 is 6.16 Å². The maximum Gasteiger partial charge on any atom is 0.511 e. The standard InChI is InChI=1S/C25H29N3O5S/c1-25(2)10-9-16-15(11-25)18(22-26-20(28-33-22)14-7-8-14)23(34-16)27-21(29)17-12-3-5-13(6-4-12)19(17)32-24(30)31/h12-14H,3-11H2,1-2H3,(H,27,29)(H,30,31). The molecule has 0 saturated heterocycles. The highest BCUT2D eigenvalue weighted by atomic mass is 32.1. The number of nitrogens with one attached hydrogen (secondary N) is 1. The summed E-state index contributed by atoms with van der Waals surface area (Å²) >= 11 is 1.58. The van der Waals surface area contributed by atoms with Crippen LogP contribution in [0, 0.1) is 17.3 Å². The largest absolute Gasteiger partial charge is 0.511 e. The van der Waals surface area contributed by atoms with E-state index in [0.717, 1.165) is 69.2 Å². The van der Waals surface area contributed by atoms with Crippen LogP contribution in [0.2, 0.25) is 0 Å². The average Bonchev–Trinajstić information content (AvgIpc) is 3.43. The minimum Gasteiger partial charge on any atom is -0.449 e. The molecule has 0 unspecified atom stereocenters. The number of aromatic nitrogens is 2. The number of amides is 1. The quantitative estimate of drug-likeness (QED) is 0.509. The molecule has 0 atom stereocenters. The lowest BCUT2D eigenvalue weighted by Gasteiger charge is -2.37. The van der Waals surface area contributed by atoms with E-state index in [1.807, 2.05) is 0 Å². The molecule has 2 aromatic rings. The summed E-state index contributed by atoms with van der Waals surface area (Å²) < 4.78 is 10.9. The predicted molar refractivity (Wildman–Crippen MR) is 126 cm³/mol. The van der Waals surface area contributed by atoms with Crippen molar-refractivity contribution >= 4 is 28.4 Å². The number of allylic oxidation sites excluding steroid dienone is 1. The highest BCUT2D eigenvalue weighted by Crippen LogP contribution is 2.50. The molecule has 2 bridgehead atoms. The van der Waals surface area contributed by atoms with E-state index in [0.29, 0.717) is 28.1 Å². The van der Waals surface area contributed by atoms with E-state index in [-0.39, 0.29) is 23.2 Å². The second kappa shape index (κ2) is 7.93. The number of hydrogen-bond donors (Lipinski definition) is 2. The van der Waals surface area contributed by atoms with Crippen LogP contribution in [-0.4, -0.2) is 27.3 Å². The van der Waals surface area contributed by atoms with E-state index >= 15 is 0 Å². The highest BCUT2D eigenvalue weighted by Gasteiger charge is 2.41. The van der Waals surface area contributed by atoms with Gasteiger partial charge in [0.15, 0.2) is 5.82 Å². The molecule has 2 saturated carbocycles. The van der Waals surface area contributed by atoms with Crippen LogP contribution in [-0.2, 0) is 22.4 Å². The lowest BCUT2D eigenvalue weighted by Crippen LogP contribution is -2.34. The van der Waals surface area contributed by atoms with Gasteiger partial charge in [0.1, 0.15) is 10.8 Å². The molecule has 34 heavy (non-hydrogen) atoms. The van der Waals surface area contributed by atoms with Gasteiger partial charge in [0.2, 0.25) is 0 Å². The number of carbonyl (C=O) groups is 2. The molecule has 0 radical (unpaired) electrons. The number of carboxylic acid groups (broad SMARTS) is 1. The summed E-state index contributed by atoms with van der Waals surface area (Å²) in [6.07, 6.45) is 7.21. The lowest BCUT2D eigenvalue weighted by atomic mass is 9.70. The zero-order valence-electron chi connectivity index (χ0n) is 19.5. The topological polar surface area (TPSA) is 115 Å². The summed E-state index contributed by atoms with van der Waals surface area (Å²) in [5, 5.41) is 17.3. The third-order valence-corrected chi connectivity index (χ3v) is 9.02. The van der Waals surface area contributed by atoms with Crippen LogP contribution in [0.4, 0.5) is 9.80 Å². The molecule has 8 nitrogen and oxygen atoms in total. The van der Waals surface area contributed by atoms with Gasteiger partial charge in [-0.2, -0.15) is 4.98 Å². The number of rotatable bonds is 5. The van der Waals surface area contributed by atoms with Gasteiger partial charge in [-0.25, -0.2) is 4.79 Å². The molecular weight excluding hydrogens is 454 g/mol. The zero-order chi connectivity index (χ0) is 23.6. The first-order chi connectivity index (χ1) is 16.3. The number of thiophene rings is 1. The lowest BCUT2D eigenvalue weighted by molar-refractivity contribution is -0.114. The van der Waals surface area contributed by atoms with Gasteiger partial charge in [0, 0.05) is 16.7 Å². The Hall–Kier alpha value is -2.68. The number of aryl methyl sites for hydroxylation is 1. The van der Waals surface area contributed by atoms with Gasteiger partial charge >= 0.3 is 6.16 Å². The van der Waals surface area contributed by atoms with Gasteiger partial charge in [-0.3, -0.25) is 4.79 Å². The molecule has 7 rings (SSSR count).